The molecule has 0 heterocycles. The van der Waals surface area contributed by atoms with Gasteiger partial charge in [-0.2, -0.15) is 0 Å². The number of hydrogen-bond donors (Lipinski definition) is 2. The molecule has 5 heteroatoms. The summed E-state index contributed by atoms with van der Waals surface area (Å²) in [5.74, 6) is 5.40. The van der Waals surface area contributed by atoms with Crippen molar-refractivity contribution in [3.63, 3.8) is 0 Å². The van der Waals surface area contributed by atoms with Gasteiger partial charge in [-0.25, -0.2) is 0 Å². The van der Waals surface area contributed by atoms with Gasteiger partial charge in [0, 0.05) is 34.8 Å². The summed E-state index contributed by atoms with van der Waals surface area (Å²) in [4.78, 5) is 25.0. The zero-order chi connectivity index (χ0) is 24.5. The van der Waals surface area contributed by atoms with Gasteiger partial charge in [-0.05, 0) is 53.6 Å². The molecule has 2 N–H and O–H groups in total. The molecule has 0 aliphatic rings. The molecule has 0 spiro atoms. The monoisotopic (exact) mass is 460 g/mol. The maximum atomic E-state index is 12.7. The van der Waals surface area contributed by atoms with Crippen molar-refractivity contribution in [1.29, 1.82) is 0 Å². The van der Waals surface area contributed by atoms with E-state index in [1.54, 1.807) is 37.4 Å². The molecular formula is C30H24N2O3. The molecule has 0 unspecified atom stereocenters. The van der Waals surface area contributed by atoms with E-state index in [4.69, 9.17) is 4.74 Å². The van der Waals surface area contributed by atoms with E-state index in [0.717, 1.165) is 22.3 Å². The van der Waals surface area contributed by atoms with Crippen LogP contribution in [0.25, 0.3) is 11.1 Å². The third kappa shape index (κ3) is 6.37. The number of hydrogen-bond acceptors (Lipinski definition) is 3. The Hall–Kier alpha value is -4.82. The highest BCUT2D eigenvalue weighted by molar-refractivity contribution is 6.04. The van der Waals surface area contributed by atoms with Gasteiger partial charge in [-0.3, -0.25) is 9.59 Å². The van der Waals surface area contributed by atoms with E-state index >= 15 is 0 Å². The van der Waals surface area contributed by atoms with Crippen molar-refractivity contribution in [2.75, 3.05) is 12.4 Å². The number of rotatable bonds is 6. The van der Waals surface area contributed by atoms with Gasteiger partial charge < -0.3 is 15.4 Å². The Balaban J connectivity index is 1.40. The summed E-state index contributed by atoms with van der Waals surface area (Å²) in [6.07, 6.45) is 0. The van der Waals surface area contributed by atoms with Crippen molar-refractivity contribution in [2.45, 2.75) is 6.54 Å². The lowest BCUT2D eigenvalue weighted by atomic mass is 10.0. The van der Waals surface area contributed by atoms with Crippen molar-refractivity contribution < 1.29 is 14.3 Å². The number of benzene rings is 4. The normalized spacial score (nSPS) is 9.97. The summed E-state index contributed by atoms with van der Waals surface area (Å²) < 4.78 is 5.42. The molecule has 4 aromatic carbocycles. The lowest BCUT2D eigenvalue weighted by molar-refractivity contribution is -0.111. The van der Waals surface area contributed by atoms with E-state index in [-0.39, 0.29) is 12.5 Å². The van der Waals surface area contributed by atoms with Crippen molar-refractivity contribution in [2.24, 2.45) is 0 Å². The van der Waals surface area contributed by atoms with Gasteiger partial charge in [-0.1, -0.05) is 66.6 Å². The average molecular weight is 461 g/mol. The minimum absolute atomic E-state index is 0.199. The number of carbonyl (C=O) groups excluding carboxylic acids is 2. The first-order chi connectivity index (χ1) is 17.1. The van der Waals surface area contributed by atoms with Crippen LogP contribution in [0, 0.1) is 11.8 Å². The molecule has 0 saturated carbocycles. The molecule has 0 aromatic heterocycles. The lowest BCUT2D eigenvalue weighted by Gasteiger charge is -2.12. The number of ether oxygens (including phenoxy) is 1. The highest BCUT2D eigenvalue weighted by atomic mass is 16.5. The summed E-state index contributed by atoms with van der Waals surface area (Å²) in [7, 11) is 1.56. The molecule has 0 atom stereocenters. The van der Waals surface area contributed by atoms with Crippen LogP contribution in [-0.4, -0.2) is 18.9 Å². The van der Waals surface area contributed by atoms with Crippen molar-refractivity contribution in [3.8, 4) is 28.7 Å². The van der Waals surface area contributed by atoms with Crippen LogP contribution < -0.4 is 15.4 Å². The fourth-order valence-electron chi connectivity index (χ4n) is 3.53. The van der Waals surface area contributed by atoms with E-state index in [1.807, 2.05) is 72.8 Å². The van der Waals surface area contributed by atoms with E-state index in [2.05, 4.69) is 22.5 Å². The molecule has 35 heavy (non-hydrogen) atoms. The molecule has 4 rings (SSSR count). The van der Waals surface area contributed by atoms with Gasteiger partial charge in [0.25, 0.3) is 5.91 Å². The van der Waals surface area contributed by atoms with Crippen LogP contribution in [0.1, 0.15) is 21.5 Å². The van der Waals surface area contributed by atoms with Crippen LogP contribution in [0.2, 0.25) is 0 Å². The van der Waals surface area contributed by atoms with Crippen LogP contribution in [0.15, 0.2) is 103 Å². The van der Waals surface area contributed by atoms with Crippen LogP contribution in [0.4, 0.5) is 5.69 Å². The quantitative estimate of drug-likeness (QED) is 0.385. The zero-order valence-corrected chi connectivity index (χ0v) is 19.2. The predicted octanol–water partition coefficient (Wildman–Crippen LogP) is 5.28. The molecule has 2 amide bonds. The minimum atomic E-state index is -0.424. The number of nitrogens with one attached hydrogen (secondary N) is 2. The van der Waals surface area contributed by atoms with Crippen LogP contribution in [0.3, 0.4) is 0 Å². The van der Waals surface area contributed by atoms with Crippen molar-refractivity contribution in [1.82, 2.24) is 5.32 Å². The SMILES string of the molecule is COc1ccc(NC(=O)C#Cc2ccccc2)cc1CNC(=O)c1ccc(-c2ccccc2)cc1. The van der Waals surface area contributed by atoms with Gasteiger partial charge in [0.1, 0.15) is 5.75 Å². The summed E-state index contributed by atoms with van der Waals surface area (Å²) in [6, 6.07) is 32.0. The van der Waals surface area contributed by atoms with Gasteiger partial charge in [0.05, 0.1) is 7.11 Å². The second-order valence-corrected chi connectivity index (χ2v) is 7.72. The van der Waals surface area contributed by atoms with Crippen LogP contribution >= 0.6 is 0 Å². The lowest BCUT2D eigenvalue weighted by Crippen LogP contribution is -2.23. The molecule has 0 aliphatic carbocycles. The molecule has 0 bridgehead atoms. The summed E-state index contributed by atoms with van der Waals surface area (Å²) in [6.45, 7) is 0.238. The molecule has 0 radical (unpaired) electrons. The molecule has 172 valence electrons. The third-order valence-electron chi connectivity index (χ3n) is 5.33. The van der Waals surface area contributed by atoms with Gasteiger partial charge in [0.2, 0.25) is 0 Å². The van der Waals surface area contributed by atoms with Crippen LogP contribution in [0.5, 0.6) is 5.75 Å². The number of carbonyl (C=O) groups is 2. The Labute approximate surface area is 204 Å². The van der Waals surface area contributed by atoms with Crippen molar-refractivity contribution >= 4 is 17.5 Å². The number of amides is 2. The van der Waals surface area contributed by atoms with Gasteiger partial charge in [-0.15, -0.1) is 0 Å². The summed E-state index contributed by atoms with van der Waals surface area (Å²) in [5.41, 5.74) is 4.76. The number of methoxy groups -OCH3 is 1. The van der Waals surface area contributed by atoms with Crippen molar-refractivity contribution in [3.05, 3.63) is 120 Å². The molecule has 4 aromatic rings. The maximum Gasteiger partial charge on any atom is 0.300 e. The van der Waals surface area contributed by atoms with Gasteiger partial charge in [0.15, 0.2) is 0 Å². The second kappa shape index (κ2) is 11.4. The Bertz CT molecular complexity index is 1370. The molecular weight excluding hydrogens is 436 g/mol. The Morgan fingerprint density at radius 3 is 2.14 bits per heavy atom. The van der Waals surface area contributed by atoms with E-state index in [9.17, 15) is 9.59 Å². The van der Waals surface area contributed by atoms with Gasteiger partial charge >= 0.3 is 5.91 Å². The molecule has 5 nitrogen and oxygen atoms in total. The Morgan fingerprint density at radius 2 is 1.46 bits per heavy atom. The maximum absolute atomic E-state index is 12.7. The third-order valence-corrected chi connectivity index (χ3v) is 5.33. The Morgan fingerprint density at radius 1 is 0.800 bits per heavy atom. The average Bonchev–Trinajstić information content (AvgIpc) is 2.92. The highest BCUT2D eigenvalue weighted by Crippen LogP contribution is 2.23. The highest BCUT2D eigenvalue weighted by Gasteiger charge is 2.10. The smallest absolute Gasteiger partial charge is 0.300 e. The molecule has 0 aliphatic heterocycles. The number of anilines is 1. The minimum Gasteiger partial charge on any atom is -0.496 e. The van der Waals surface area contributed by atoms with E-state index in [0.29, 0.717) is 17.0 Å². The zero-order valence-electron chi connectivity index (χ0n) is 19.2. The fourth-order valence-corrected chi connectivity index (χ4v) is 3.53. The second-order valence-electron chi connectivity index (χ2n) is 7.72. The first kappa shape index (κ1) is 23.3. The Kier molecular flexibility index (Phi) is 7.57. The molecule has 0 fully saturated rings. The largest absolute Gasteiger partial charge is 0.496 e. The van der Waals surface area contributed by atoms with E-state index < -0.39 is 5.91 Å². The first-order valence-corrected chi connectivity index (χ1v) is 11.1. The summed E-state index contributed by atoms with van der Waals surface area (Å²) in [5, 5.41) is 5.68. The predicted molar refractivity (Wildman–Crippen MR) is 138 cm³/mol. The topological polar surface area (TPSA) is 67.4 Å². The first-order valence-electron chi connectivity index (χ1n) is 11.1. The fraction of sp³-hybridized carbons (Fsp3) is 0.0667. The standard InChI is InChI=1S/C30H24N2O3/c1-35-28-18-17-27(32-29(33)19-12-22-8-4-2-5-9-22)20-26(28)21-31-30(34)25-15-13-24(14-16-25)23-10-6-3-7-11-23/h2-11,13-18,20H,21H2,1H3,(H,31,34)(H,32,33). The van der Waals surface area contributed by atoms with Crippen LogP contribution in [-0.2, 0) is 11.3 Å². The summed E-state index contributed by atoms with van der Waals surface area (Å²) >= 11 is 0. The van der Waals surface area contributed by atoms with E-state index in [1.165, 1.54) is 0 Å². The molecule has 0 saturated heterocycles.